The maximum Gasteiger partial charge on any atom is 0.272 e. The van der Waals surface area contributed by atoms with Gasteiger partial charge in [-0.2, -0.15) is 0 Å². The van der Waals surface area contributed by atoms with E-state index < -0.39 is 18.8 Å². The van der Waals surface area contributed by atoms with E-state index in [9.17, 15) is 17.6 Å². The fourth-order valence-corrected chi connectivity index (χ4v) is 0.269. The molecule has 0 bridgehead atoms. The van der Waals surface area contributed by atoms with E-state index in [0.29, 0.717) is 6.08 Å². The summed E-state index contributed by atoms with van der Waals surface area (Å²) in [6.45, 7) is 2.82. The minimum atomic E-state index is -3.27. The van der Waals surface area contributed by atoms with Gasteiger partial charge in [0.2, 0.25) is 0 Å². The van der Waals surface area contributed by atoms with Crippen LogP contribution in [0.25, 0.3) is 0 Å². The highest BCUT2D eigenvalue weighted by molar-refractivity contribution is 4.86. The molecule has 0 fully saturated rings. The second-order valence-electron chi connectivity index (χ2n) is 1.46. The van der Waals surface area contributed by atoms with Crippen molar-refractivity contribution in [2.24, 2.45) is 0 Å². The Balaban J connectivity index is 3.71. The standard InChI is InChI=1S/C5H6F4/c1-2-3(6)4(7)5(8)9/h2-5H,1H2. The summed E-state index contributed by atoms with van der Waals surface area (Å²) in [4.78, 5) is 0. The minimum Gasteiger partial charge on any atom is -0.239 e. The normalized spacial score (nSPS) is 17.4. The first-order valence-corrected chi connectivity index (χ1v) is 2.28. The van der Waals surface area contributed by atoms with Crippen LogP contribution in [0.1, 0.15) is 0 Å². The van der Waals surface area contributed by atoms with Crippen LogP contribution < -0.4 is 0 Å². The lowest BCUT2D eigenvalue weighted by atomic mass is 10.2. The first-order chi connectivity index (χ1) is 4.09. The molecule has 0 aliphatic heterocycles. The van der Waals surface area contributed by atoms with Crippen LogP contribution in [-0.2, 0) is 0 Å². The number of halogens is 4. The molecule has 0 aromatic heterocycles. The maximum absolute atomic E-state index is 11.8. The van der Waals surface area contributed by atoms with Crippen LogP contribution in [0.4, 0.5) is 17.6 Å². The van der Waals surface area contributed by atoms with E-state index in [1.165, 1.54) is 0 Å². The molecule has 0 saturated carbocycles. The van der Waals surface area contributed by atoms with Crippen LogP contribution in [0.2, 0.25) is 0 Å². The van der Waals surface area contributed by atoms with E-state index in [4.69, 9.17) is 0 Å². The SMILES string of the molecule is C=CC(F)C(F)C(F)F. The van der Waals surface area contributed by atoms with E-state index in [-0.39, 0.29) is 0 Å². The summed E-state index contributed by atoms with van der Waals surface area (Å²) in [7, 11) is 0. The van der Waals surface area contributed by atoms with Gasteiger partial charge in [-0.15, -0.1) is 6.58 Å². The van der Waals surface area contributed by atoms with E-state index in [2.05, 4.69) is 6.58 Å². The van der Waals surface area contributed by atoms with Crippen LogP contribution in [0, 0.1) is 0 Å². The Bertz CT molecular complexity index is 91.0. The predicted molar refractivity (Wildman–Crippen MR) is 26.0 cm³/mol. The topological polar surface area (TPSA) is 0 Å². The lowest BCUT2D eigenvalue weighted by molar-refractivity contribution is 0.0172. The molecule has 2 unspecified atom stereocenters. The Hall–Kier alpha value is -0.540. The molecule has 0 saturated heterocycles. The molecule has 0 aromatic rings. The van der Waals surface area contributed by atoms with Crippen molar-refractivity contribution in [3.05, 3.63) is 12.7 Å². The molecule has 0 spiro atoms. The summed E-state index contributed by atoms with van der Waals surface area (Å²) in [5.74, 6) is 0. The second-order valence-corrected chi connectivity index (χ2v) is 1.46. The van der Waals surface area contributed by atoms with Gasteiger partial charge in [0.05, 0.1) is 0 Å². The lowest BCUT2D eigenvalue weighted by Crippen LogP contribution is -2.22. The average Bonchev–Trinajstić information content (AvgIpc) is 1.84. The monoisotopic (exact) mass is 142 g/mol. The van der Waals surface area contributed by atoms with Crippen molar-refractivity contribution in [3.8, 4) is 0 Å². The van der Waals surface area contributed by atoms with Gasteiger partial charge >= 0.3 is 0 Å². The van der Waals surface area contributed by atoms with Crippen LogP contribution in [-0.4, -0.2) is 18.8 Å². The van der Waals surface area contributed by atoms with Gasteiger partial charge in [0.15, 0.2) is 12.3 Å². The van der Waals surface area contributed by atoms with Gasteiger partial charge in [-0.25, -0.2) is 17.6 Å². The third-order valence-electron chi connectivity index (χ3n) is 0.770. The number of rotatable bonds is 3. The quantitative estimate of drug-likeness (QED) is 0.418. The molecule has 0 amide bonds. The third kappa shape index (κ3) is 2.49. The molecule has 0 nitrogen and oxygen atoms in total. The fourth-order valence-electron chi connectivity index (χ4n) is 0.269. The van der Waals surface area contributed by atoms with Crippen LogP contribution in [0.3, 0.4) is 0 Å². The summed E-state index contributed by atoms with van der Waals surface area (Å²) in [5, 5.41) is 0. The summed E-state index contributed by atoms with van der Waals surface area (Å²) < 4.78 is 45.9. The van der Waals surface area contributed by atoms with Crippen molar-refractivity contribution in [1.82, 2.24) is 0 Å². The Morgan fingerprint density at radius 1 is 1.11 bits per heavy atom. The van der Waals surface area contributed by atoms with Gasteiger partial charge in [-0.3, -0.25) is 0 Å². The molecule has 0 heterocycles. The van der Waals surface area contributed by atoms with Gasteiger partial charge in [0.1, 0.15) is 0 Å². The molecule has 0 aromatic carbocycles. The van der Waals surface area contributed by atoms with Crippen molar-refractivity contribution >= 4 is 0 Å². The summed E-state index contributed by atoms with van der Waals surface area (Å²) in [6, 6.07) is 0. The van der Waals surface area contributed by atoms with E-state index in [1.807, 2.05) is 0 Å². The molecule has 54 valence electrons. The largest absolute Gasteiger partial charge is 0.272 e. The second kappa shape index (κ2) is 3.48. The molecule has 0 aliphatic carbocycles. The van der Waals surface area contributed by atoms with Crippen molar-refractivity contribution < 1.29 is 17.6 Å². The number of hydrogen-bond donors (Lipinski definition) is 0. The summed E-state index contributed by atoms with van der Waals surface area (Å²) in [5.41, 5.74) is 0. The maximum atomic E-state index is 11.8. The zero-order valence-electron chi connectivity index (χ0n) is 4.53. The highest BCUT2D eigenvalue weighted by Crippen LogP contribution is 2.13. The summed E-state index contributed by atoms with van der Waals surface area (Å²) >= 11 is 0. The lowest BCUT2D eigenvalue weighted by Gasteiger charge is -2.06. The highest BCUT2D eigenvalue weighted by atomic mass is 19.3. The van der Waals surface area contributed by atoms with Crippen LogP contribution in [0.5, 0.6) is 0 Å². The molecule has 4 heteroatoms. The predicted octanol–water partition coefficient (Wildman–Crippen LogP) is 2.11. The molecular weight excluding hydrogens is 136 g/mol. The van der Waals surface area contributed by atoms with Crippen LogP contribution >= 0.6 is 0 Å². The Morgan fingerprint density at radius 2 is 1.56 bits per heavy atom. The molecule has 0 aliphatic rings. The number of hydrogen-bond acceptors (Lipinski definition) is 0. The van der Waals surface area contributed by atoms with E-state index in [0.717, 1.165) is 0 Å². The van der Waals surface area contributed by atoms with Crippen molar-refractivity contribution in [2.75, 3.05) is 0 Å². The summed E-state index contributed by atoms with van der Waals surface area (Å²) in [6.07, 6.45) is -7.75. The van der Waals surface area contributed by atoms with Crippen molar-refractivity contribution in [3.63, 3.8) is 0 Å². The van der Waals surface area contributed by atoms with Crippen molar-refractivity contribution in [2.45, 2.75) is 18.8 Å². The van der Waals surface area contributed by atoms with E-state index >= 15 is 0 Å². The molecule has 2 atom stereocenters. The minimum absolute atomic E-state index is 0.511. The molecule has 9 heavy (non-hydrogen) atoms. The third-order valence-corrected chi connectivity index (χ3v) is 0.770. The van der Waals surface area contributed by atoms with Gasteiger partial charge in [0, 0.05) is 0 Å². The smallest absolute Gasteiger partial charge is 0.239 e. The van der Waals surface area contributed by atoms with Crippen LogP contribution in [0.15, 0.2) is 12.7 Å². The molecule has 0 radical (unpaired) electrons. The Kier molecular flexibility index (Phi) is 3.27. The van der Waals surface area contributed by atoms with Crippen molar-refractivity contribution in [1.29, 1.82) is 0 Å². The number of alkyl halides is 4. The molecule has 0 N–H and O–H groups in total. The Morgan fingerprint density at radius 3 is 1.67 bits per heavy atom. The molecular formula is C5H6F4. The zero-order chi connectivity index (χ0) is 7.44. The van der Waals surface area contributed by atoms with Gasteiger partial charge in [-0.1, -0.05) is 6.08 Å². The average molecular weight is 142 g/mol. The van der Waals surface area contributed by atoms with Gasteiger partial charge in [-0.05, 0) is 0 Å². The molecule has 0 rings (SSSR count). The van der Waals surface area contributed by atoms with Gasteiger partial charge < -0.3 is 0 Å². The first kappa shape index (κ1) is 8.46. The number of allylic oxidation sites excluding steroid dienone is 1. The Labute approximate surface area is 50.2 Å². The van der Waals surface area contributed by atoms with E-state index in [1.54, 1.807) is 0 Å². The zero-order valence-corrected chi connectivity index (χ0v) is 4.53. The fraction of sp³-hybridized carbons (Fsp3) is 0.600. The van der Waals surface area contributed by atoms with Gasteiger partial charge in [0.25, 0.3) is 6.43 Å². The highest BCUT2D eigenvalue weighted by Gasteiger charge is 2.26. The first-order valence-electron chi connectivity index (χ1n) is 2.28.